The monoisotopic (exact) mass is 399 g/mol. The van der Waals surface area contributed by atoms with E-state index in [1.807, 2.05) is 0 Å². The molecule has 1 amide bonds. The Labute approximate surface area is 169 Å². The van der Waals surface area contributed by atoms with Crippen molar-refractivity contribution < 1.29 is 4.79 Å². The van der Waals surface area contributed by atoms with Crippen molar-refractivity contribution in [3.63, 3.8) is 0 Å². The quantitative estimate of drug-likeness (QED) is 0.773. The molecule has 6 heteroatoms. The number of thiophene rings is 1. The summed E-state index contributed by atoms with van der Waals surface area (Å²) in [5.74, 6) is 1.43. The predicted molar refractivity (Wildman–Crippen MR) is 112 cm³/mol. The molecule has 5 rings (SSSR count). The van der Waals surface area contributed by atoms with E-state index in [0.29, 0.717) is 17.9 Å². The number of rotatable bonds is 2. The van der Waals surface area contributed by atoms with Crippen molar-refractivity contribution in [2.45, 2.75) is 77.3 Å². The van der Waals surface area contributed by atoms with Gasteiger partial charge in [0.15, 0.2) is 0 Å². The highest BCUT2D eigenvalue weighted by Gasteiger charge is 2.35. The van der Waals surface area contributed by atoms with Crippen LogP contribution >= 0.6 is 11.3 Å². The lowest BCUT2D eigenvalue weighted by Crippen LogP contribution is -2.51. The fraction of sp³-hybridized carbons (Fsp3) is 0.682. The van der Waals surface area contributed by atoms with Crippen molar-refractivity contribution in [3.8, 4) is 0 Å². The highest BCUT2D eigenvalue weighted by Crippen LogP contribution is 2.36. The van der Waals surface area contributed by atoms with Gasteiger partial charge >= 0.3 is 0 Å². The van der Waals surface area contributed by atoms with E-state index in [1.54, 1.807) is 22.2 Å². The van der Waals surface area contributed by atoms with Crippen LogP contribution in [0.3, 0.4) is 0 Å². The maximum atomic E-state index is 13.2. The van der Waals surface area contributed by atoms with Gasteiger partial charge in [0.2, 0.25) is 5.91 Å². The highest BCUT2D eigenvalue weighted by atomic mass is 32.1. The average molecular weight is 400 g/mol. The van der Waals surface area contributed by atoms with E-state index in [1.165, 1.54) is 36.1 Å². The number of likely N-dealkylation sites (tertiary alicyclic amines) is 1. The first kappa shape index (κ1) is 18.3. The van der Waals surface area contributed by atoms with Crippen LogP contribution in [0.1, 0.15) is 62.3 Å². The maximum absolute atomic E-state index is 13.2. The fourth-order valence-electron chi connectivity index (χ4n) is 5.65. The molecule has 2 fully saturated rings. The summed E-state index contributed by atoms with van der Waals surface area (Å²) in [6, 6.07) is 0.387. The van der Waals surface area contributed by atoms with E-state index in [2.05, 4.69) is 16.8 Å². The summed E-state index contributed by atoms with van der Waals surface area (Å²) in [5.41, 5.74) is 1.17. The van der Waals surface area contributed by atoms with Gasteiger partial charge in [-0.15, -0.1) is 11.3 Å². The molecule has 3 atom stereocenters. The first-order valence-electron chi connectivity index (χ1n) is 10.9. The number of piperidine rings is 1. The van der Waals surface area contributed by atoms with Crippen LogP contribution in [0.15, 0.2) is 11.1 Å². The Morgan fingerprint density at radius 2 is 2.04 bits per heavy atom. The van der Waals surface area contributed by atoms with Gasteiger partial charge in [-0.05, 0) is 62.3 Å². The normalized spacial score (nSPS) is 27.5. The van der Waals surface area contributed by atoms with Crippen LogP contribution in [-0.2, 0) is 24.2 Å². The molecule has 3 aliphatic rings. The van der Waals surface area contributed by atoms with Crippen molar-refractivity contribution in [1.29, 1.82) is 0 Å². The minimum Gasteiger partial charge on any atom is -0.338 e. The van der Waals surface area contributed by atoms with Crippen molar-refractivity contribution in [2.24, 2.45) is 11.8 Å². The highest BCUT2D eigenvalue weighted by molar-refractivity contribution is 7.18. The van der Waals surface area contributed by atoms with Gasteiger partial charge in [0.25, 0.3) is 5.56 Å². The zero-order chi connectivity index (χ0) is 19.3. The molecule has 1 saturated heterocycles. The van der Waals surface area contributed by atoms with Crippen LogP contribution < -0.4 is 5.56 Å². The van der Waals surface area contributed by atoms with Gasteiger partial charge < -0.3 is 4.90 Å². The number of hydrogen-bond donors (Lipinski definition) is 0. The molecule has 0 unspecified atom stereocenters. The summed E-state index contributed by atoms with van der Waals surface area (Å²) in [4.78, 5) is 35.1. The fourth-order valence-corrected chi connectivity index (χ4v) is 6.99. The molecule has 1 aliphatic heterocycles. The zero-order valence-electron chi connectivity index (χ0n) is 16.7. The SMILES string of the molecule is C[C@@H]1CCc2c(sc3ncn(CC(=O)N4CCC[C@H]5CCCC[C@@H]54)c(=O)c23)C1. The Morgan fingerprint density at radius 3 is 2.93 bits per heavy atom. The van der Waals surface area contributed by atoms with Gasteiger partial charge in [-0.25, -0.2) is 4.98 Å². The number of nitrogens with zero attached hydrogens (tertiary/aromatic N) is 3. The van der Waals surface area contributed by atoms with Crippen LogP contribution in [0.5, 0.6) is 0 Å². The largest absolute Gasteiger partial charge is 0.338 e. The second kappa shape index (κ2) is 7.29. The molecule has 0 N–H and O–H groups in total. The lowest BCUT2D eigenvalue weighted by atomic mass is 9.78. The van der Waals surface area contributed by atoms with Crippen LogP contribution in [0, 0.1) is 11.8 Å². The molecule has 28 heavy (non-hydrogen) atoms. The summed E-state index contributed by atoms with van der Waals surface area (Å²) in [7, 11) is 0. The maximum Gasteiger partial charge on any atom is 0.262 e. The summed E-state index contributed by atoms with van der Waals surface area (Å²) in [5, 5.41) is 0.774. The summed E-state index contributed by atoms with van der Waals surface area (Å²) < 4.78 is 1.56. The van der Waals surface area contributed by atoms with Crippen LogP contribution in [0.2, 0.25) is 0 Å². The lowest BCUT2D eigenvalue weighted by molar-refractivity contribution is -0.138. The Balaban J connectivity index is 1.43. The van der Waals surface area contributed by atoms with E-state index >= 15 is 0 Å². The van der Waals surface area contributed by atoms with Gasteiger partial charge in [-0.1, -0.05) is 19.8 Å². The topological polar surface area (TPSA) is 55.2 Å². The first-order chi connectivity index (χ1) is 13.6. The first-order valence-corrected chi connectivity index (χ1v) is 11.7. The van der Waals surface area contributed by atoms with Crippen molar-refractivity contribution >= 4 is 27.5 Å². The lowest BCUT2D eigenvalue weighted by Gasteiger charge is -2.44. The number of carbonyl (C=O) groups is 1. The zero-order valence-corrected chi connectivity index (χ0v) is 17.5. The minimum atomic E-state index is -0.0254. The third kappa shape index (κ3) is 3.10. The van der Waals surface area contributed by atoms with Gasteiger partial charge in [-0.2, -0.15) is 0 Å². The van der Waals surface area contributed by atoms with Crippen molar-refractivity contribution in [3.05, 3.63) is 27.1 Å². The molecule has 0 radical (unpaired) electrons. The van der Waals surface area contributed by atoms with Crippen LogP contribution in [0.25, 0.3) is 10.2 Å². The second-order valence-electron chi connectivity index (χ2n) is 9.05. The van der Waals surface area contributed by atoms with Crippen molar-refractivity contribution in [1.82, 2.24) is 14.5 Å². The molecular weight excluding hydrogens is 370 g/mol. The third-order valence-corrected chi connectivity index (χ3v) is 8.31. The number of amides is 1. The second-order valence-corrected chi connectivity index (χ2v) is 10.1. The van der Waals surface area contributed by atoms with Gasteiger partial charge in [0.1, 0.15) is 11.4 Å². The number of aromatic nitrogens is 2. The summed E-state index contributed by atoms with van der Waals surface area (Å²) >= 11 is 1.67. The van der Waals surface area contributed by atoms with Crippen LogP contribution in [0.4, 0.5) is 0 Å². The van der Waals surface area contributed by atoms with E-state index in [4.69, 9.17) is 0 Å². The average Bonchev–Trinajstić information content (AvgIpc) is 3.07. The third-order valence-electron chi connectivity index (χ3n) is 7.15. The summed E-state index contributed by atoms with van der Waals surface area (Å²) in [6.07, 6.45) is 12.0. The van der Waals surface area contributed by atoms with E-state index in [9.17, 15) is 9.59 Å². The summed E-state index contributed by atoms with van der Waals surface area (Å²) in [6.45, 7) is 3.25. The van der Waals surface area contributed by atoms with Gasteiger partial charge in [0.05, 0.1) is 11.7 Å². The molecule has 2 aliphatic carbocycles. The van der Waals surface area contributed by atoms with Gasteiger partial charge in [-0.3, -0.25) is 14.2 Å². The Bertz CT molecular complexity index is 961. The molecule has 0 bridgehead atoms. The van der Waals surface area contributed by atoms with E-state index in [0.717, 1.165) is 48.9 Å². The number of aryl methyl sites for hydroxylation is 1. The number of fused-ring (bicyclic) bond motifs is 4. The molecule has 0 aromatic carbocycles. The molecule has 5 nitrogen and oxygen atoms in total. The Hall–Kier alpha value is -1.69. The van der Waals surface area contributed by atoms with Crippen LogP contribution in [-0.4, -0.2) is 32.9 Å². The predicted octanol–water partition coefficient (Wildman–Crippen LogP) is 3.76. The van der Waals surface area contributed by atoms with Gasteiger partial charge in [0, 0.05) is 17.5 Å². The number of hydrogen-bond acceptors (Lipinski definition) is 4. The molecule has 3 heterocycles. The smallest absolute Gasteiger partial charge is 0.262 e. The molecular formula is C22H29N3O2S. The minimum absolute atomic E-state index is 0.0254. The molecule has 2 aromatic heterocycles. The Morgan fingerprint density at radius 1 is 1.21 bits per heavy atom. The Kier molecular flexibility index (Phi) is 4.77. The van der Waals surface area contributed by atoms with E-state index in [-0.39, 0.29) is 18.0 Å². The number of carbonyl (C=O) groups excluding carboxylic acids is 1. The molecule has 1 saturated carbocycles. The van der Waals surface area contributed by atoms with E-state index < -0.39 is 0 Å². The molecule has 2 aromatic rings. The van der Waals surface area contributed by atoms with Crippen molar-refractivity contribution in [2.75, 3.05) is 6.54 Å². The molecule has 0 spiro atoms. The standard InChI is InChI=1S/C22H29N3O2S/c1-14-8-9-16-18(11-14)28-21-20(16)22(27)24(13-23-21)12-19(26)25-10-4-6-15-5-2-3-7-17(15)25/h13-15,17H,2-12H2,1H3/t14-,15-,17+/m1/s1. The molecule has 150 valence electrons.